The number of carbonyl (C=O) groups excluding carboxylic acids is 2. The van der Waals surface area contributed by atoms with Gasteiger partial charge in [-0.25, -0.2) is 0 Å². The number of hydrogen-bond donors (Lipinski definition) is 3. The molecular weight excluding hydrogens is 424 g/mol. The van der Waals surface area contributed by atoms with E-state index in [0.29, 0.717) is 29.2 Å². The number of anilines is 2. The summed E-state index contributed by atoms with van der Waals surface area (Å²) in [5.74, 6) is -2.58. The number of carboxylic acid groups (broad SMARTS) is 1. The molecule has 0 spiro atoms. The third-order valence-corrected chi connectivity index (χ3v) is 5.90. The Morgan fingerprint density at radius 1 is 0.967 bits per heavy atom. The highest BCUT2D eigenvalue weighted by molar-refractivity contribution is 8.00. The van der Waals surface area contributed by atoms with Crippen LogP contribution in [0.5, 0.6) is 0 Å². The normalized spacial score (nSPS) is 17.9. The summed E-state index contributed by atoms with van der Waals surface area (Å²) in [7, 11) is 0. The summed E-state index contributed by atoms with van der Waals surface area (Å²) in [6.07, 6.45) is 4.40. The van der Waals surface area contributed by atoms with Crippen molar-refractivity contribution in [1.29, 1.82) is 0 Å². The summed E-state index contributed by atoms with van der Waals surface area (Å²) >= 11 is 7.25. The Morgan fingerprint density at radius 2 is 1.63 bits per heavy atom. The minimum absolute atomic E-state index is 0.171. The number of thioether (sulfide) groups is 1. The maximum absolute atomic E-state index is 12.6. The van der Waals surface area contributed by atoms with Crippen LogP contribution in [0.15, 0.2) is 65.6 Å². The van der Waals surface area contributed by atoms with Crippen LogP contribution in [0.4, 0.5) is 11.4 Å². The lowest BCUT2D eigenvalue weighted by Gasteiger charge is -2.24. The predicted molar refractivity (Wildman–Crippen MR) is 119 cm³/mol. The van der Waals surface area contributed by atoms with E-state index in [1.54, 1.807) is 48.5 Å². The highest BCUT2D eigenvalue weighted by Crippen LogP contribution is 2.28. The van der Waals surface area contributed by atoms with Gasteiger partial charge in [-0.2, -0.15) is 0 Å². The van der Waals surface area contributed by atoms with Crippen molar-refractivity contribution in [1.82, 2.24) is 0 Å². The molecule has 8 heteroatoms. The number of allylic oxidation sites excluding steroid dienone is 2. The molecule has 2 amide bonds. The number of nitrogens with one attached hydrogen (secondary N) is 2. The van der Waals surface area contributed by atoms with E-state index in [0.717, 1.165) is 4.90 Å². The molecule has 2 unspecified atom stereocenters. The van der Waals surface area contributed by atoms with E-state index in [1.165, 1.54) is 11.8 Å². The topological polar surface area (TPSA) is 95.5 Å². The van der Waals surface area contributed by atoms with Crippen LogP contribution in [0.2, 0.25) is 5.02 Å². The first-order valence-electron chi connectivity index (χ1n) is 9.39. The summed E-state index contributed by atoms with van der Waals surface area (Å²) in [4.78, 5) is 37.0. The van der Waals surface area contributed by atoms with E-state index in [1.807, 2.05) is 12.1 Å². The predicted octanol–water partition coefficient (Wildman–Crippen LogP) is 4.68. The molecule has 0 saturated carbocycles. The van der Waals surface area contributed by atoms with E-state index in [2.05, 4.69) is 10.6 Å². The van der Waals surface area contributed by atoms with Gasteiger partial charge >= 0.3 is 5.97 Å². The fourth-order valence-corrected chi connectivity index (χ4v) is 4.13. The minimum atomic E-state index is -0.963. The molecule has 1 aliphatic rings. The number of halogens is 1. The van der Waals surface area contributed by atoms with Gasteiger partial charge in [0.2, 0.25) is 11.8 Å². The Kier molecular flexibility index (Phi) is 7.54. The molecule has 3 N–H and O–H groups in total. The monoisotopic (exact) mass is 444 g/mol. The number of rotatable bonds is 7. The van der Waals surface area contributed by atoms with Crippen molar-refractivity contribution < 1.29 is 19.5 Å². The molecule has 156 valence electrons. The second-order valence-electron chi connectivity index (χ2n) is 6.86. The van der Waals surface area contributed by atoms with Gasteiger partial charge in [0, 0.05) is 21.3 Å². The zero-order chi connectivity index (χ0) is 21.5. The highest BCUT2D eigenvalue weighted by Gasteiger charge is 2.33. The van der Waals surface area contributed by atoms with Crippen molar-refractivity contribution in [2.75, 3.05) is 16.4 Å². The van der Waals surface area contributed by atoms with Crippen LogP contribution in [0.3, 0.4) is 0 Å². The Bertz CT molecular complexity index is 979. The first-order chi connectivity index (χ1) is 14.4. The van der Waals surface area contributed by atoms with Crippen molar-refractivity contribution in [2.24, 2.45) is 11.8 Å². The lowest BCUT2D eigenvalue weighted by molar-refractivity contribution is -0.146. The number of benzene rings is 2. The summed E-state index contributed by atoms with van der Waals surface area (Å²) in [5.41, 5.74) is 1.20. The zero-order valence-electron chi connectivity index (χ0n) is 16.0. The number of carboxylic acids is 1. The molecule has 0 aromatic heterocycles. The van der Waals surface area contributed by atoms with Gasteiger partial charge in [0.05, 0.1) is 17.6 Å². The van der Waals surface area contributed by atoms with Crippen molar-refractivity contribution in [3.63, 3.8) is 0 Å². The van der Waals surface area contributed by atoms with Crippen molar-refractivity contribution in [2.45, 2.75) is 17.7 Å². The Balaban J connectivity index is 1.56. The number of carbonyl (C=O) groups is 3. The molecule has 0 fully saturated rings. The third-order valence-electron chi connectivity index (χ3n) is 4.67. The van der Waals surface area contributed by atoms with Gasteiger partial charge in [-0.05, 0) is 49.2 Å². The van der Waals surface area contributed by atoms with Crippen LogP contribution in [-0.2, 0) is 14.4 Å². The largest absolute Gasteiger partial charge is 0.481 e. The maximum Gasteiger partial charge on any atom is 0.307 e. The molecule has 2 aromatic carbocycles. The first-order valence-corrected chi connectivity index (χ1v) is 10.8. The summed E-state index contributed by atoms with van der Waals surface area (Å²) in [6, 6.07) is 14.0. The quantitative estimate of drug-likeness (QED) is 0.426. The van der Waals surface area contributed by atoms with E-state index >= 15 is 0 Å². The molecule has 2 atom stereocenters. The molecule has 0 saturated heterocycles. The van der Waals surface area contributed by atoms with Gasteiger partial charge in [-0.15, -0.1) is 11.8 Å². The average molecular weight is 445 g/mol. The molecule has 0 bridgehead atoms. The van der Waals surface area contributed by atoms with Crippen LogP contribution >= 0.6 is 23.4 Å². The molecule has 0 heterocycles. The molecule has 2 aromatic rings. The highest BCUT2D eigenvalue weighted by atomic mass is 35.5. The Labute approximate surface area is 183 Å². The lowest BCUT2D eigenvalue weighted by Crippen LogP contribution is -2.34. The molecule has 3 rings (SSSR count). The molecule has 6 nitrogen and oxygen atoms in total. The summed E-state index contributed by atoms with van der Waals surface area (Å²) < 4.78 is 0. The van der Waals surface area contributed by atoms with Gasteiger partial charge < -0.3 is 15.7 Å². The van der Waals surface area contributed by atoms with Crippen LogP contribution in [0.25, 0.3) is 0 Å². The van der Waals surface area contributed by atoms with Gasteiger partial charge in [-0.1, -0.05) is 35.9 Å². The third kappa shape index (κ3) is 6.11. The number of aliphatic carboxylic acids is 1. The minimum Gasteiger partial charge on any atom is -0.481 e. The van der Waals surface area contributed by atoms with E-state index in [9.17, 15) is 19.5 Å². The Hall–Kier alpha value is -2.77. The van der Waals surface area contributed by atoms with Crippen LogP contribution in [0.1, 0.15) is 12.8 Å². The molecule has 30 heavy (non-hydrogen) atoms. The van der Waals surface area contributed by atoms with Crippen LogP contribution in [0, 0.1) is 11.8 Å². The van der Waals surface area contributed by atoms with Crippen molar-refractivity contribution >= 4 is 52.5 Å². The maximum atomic E-state index is 12.6. The van der Waals surface area contributed by atoms with Gasteiger partial charge in [0.25, 0.3) is 0 Å². The SMILES string of the molecule is O=C(CSc1cccc(NC(=O)C2CC=CCC2C(=O)O)c1)Nc1cccc(Cl)c1. The molecule has 0 radical (unpaired) electrons. The second kappa shape index (κ2) is 10.3. The standard InChI is InChI=1S/C22H21ClN2O4S/c23-14-5-3-6-15(11-14)24-20(26)13-30-17-8-4-7-16(12-17)25-21(27)18-9-1-2-10-19(18)22(28)29/h1-8,11-12,18-19H,9-10,13H2,(H,24,26)(H,25,27)(H,28,29). The Morgan fingerprint density at radius 3 is 2.33 bits per heavy atom. The molecule has 0 aliphatic heterocycles. The lowest BCUT2D eigenvalue weighted by atomic mass is 9.82. The first kappa shape index (κ1) is 21.9. The average Bonchev–Trinajstić information content (AvgIpc) is 2.72. The van der Waals surface area contributed by atoms with E-state index < -0.39 is 17.8 Å². The van der Waals surface area contributed by atoms with E-state index in [4.69, 9.17) is 11.6 Å². The van der Waals surface area contributed by atoms with Crippen molar-refractivity contribution in [3.05, 3.63) is 65.7 Å². The van der Waals surface area contributed by atoms with Crippen LogP contribution < -0.4 is 10.6 Å². The summed E-state index contributed by atoms with van der Waals surface area (Å²) in [6.45, 7) is 0. The smallest absolute Gasteiger partial charge is 0.307 e. The van der Waals surface area contributed by atoms with Gasteiger partial charge in [0.1, 0.15) is 0 Å². The fourth-order valence-electron chi connectivity index (χ4n) is 3.19. The van der Waals surface area contributed by atoms with Crippen molar-refractivity contribution in [3.8, 4) is 0 Å². The van der Waals surface area contributed by atoms with Gasteiger partial charge in [-0.3, -0.25) is 14.4 Å². The molecular formula is C22H21ClN2O4S. The zero-order valence-corrected chi connectivity index (χ0v) is 17.6. The van der Waals surface area contributed by atoms with Gasteiger partial charge in [0.15, 0.2) is 0 Å². The fraction of sp³-hybridized carbons (Fsp3) is 0.227. The number of hydrogen-bond acceptors (Lipinski definition) is 4. The summed E-state index contributed by atoms with van der Waals surface area (Å²) in [5, 5.41) is 15.5. The molecule has 1 aliphatic carbocycles. The second-order valence-corrected chi connectivity index (χ2v) is 8.34. The van der Waals surface area contributed by atoms with Crippen LogP contribution in [-0.4, -0.2) is 28.6 Å². The number of amides is 2. The van der Waals surface area contributed by atoms with E-state index in [-0.39, 0.29) is 17.6 Å².